The fourth-order valence-electron chi connectivity index (χ4n) is 3.51. The highest BCUT2D eigenvalue weighted by molar-refractivity contribution is 8.23. The number of benzene rings is 1. The van der Waals surface area contributed by atoms with Crippen molar-refractivity contribution in [1.29, 1.82) is 0 Å². The number of carbonyl (C=O) groups is 2. The molecule has 5 unspecified atom stereocenters. The lowest BCUT2D eigenvalue weighted by atomic mass is 10.3. The zero-order valence-electron chi connectivity index (χ0n) is 21.6. The van der Waals surface area contributed by atoms with Gasteiger partial charge in [0.2, 0.25) is 10.2 Å². The van der Waals surface area contributed by atoms with Crippen LogP contribution in [-0.4, -0.2) is 63.9 Å². The van der Waals surface area contributed by atoms with E-state index >= 15 is 0 Å². The quantitative estimate of drug-likeness (QED) is 0.144. The van der Waals surface area contributed by atoms with Gasteiger partial charge in [-0.3, -0.25) is 9.59 Å². The minimum absolute atomic E-state index is 0.126. The molecular weight excluding hydrogens is 613 g/mol. The summed E-state index contributed by atoms with van der Waals surface area (Å²) in [6, 6.07) is 9.13. The van der Waals surface area contributed by atoms with E-state index in [0.717, 1.165) is 28.8 Å². The third kappa shape index (κ3) is 11.3. The molecule has 1 aromatic rings. The third-order valence-corrected chi connectivity index (χ3v) is 18.3. The molecule has 10 heteroatoms. The summed E-state index contributed by atoms with van der Waals surface area (Å²) >= 11 is 15.0. The first-order valence-electron chi connectivity index (χ1n) is 12.3. The molecule has 3 rings (SSSR count). The van der Waals surface area contributed by atoms with Crippen molar-refractivity contribution in [3.8, 4) is 0 Å². The Morgan fingerprint density at radius 3 is 2.05 bits per heavy atom. The molecule has 5 atom stereocenters. The summed E-state index contributed by atoms with van der Waals surface area (Å²) in [5.74, 6) is 5.13. The second-order valence-corrected chi connectivity index (χ2v) is 19.3. The standard InChI is InChI=1S/C27H36O2S8/c1-6-7-23(27-34-15-22(37-27)14-33-26(29)18(4)5)35-20-10-8-19(9-11-20)30-16-24-31-12-21(36-24)13-32-25(28)17(2)3/h8-11,21-24,27H,2,4,6-7,12-16H2,1,3,5H3. The summed E-state index contributed by atoms with van der Waals surface area (Å²) < 4.78 is 1.17. The first-order valence-corrected chi connectivity index (χ1v) is 20.2. The van der Waals surface area contributed by atoms with Crippen molar-refractivity contribution >= 4 is 104 Å². The van der Waals surface area contributed by atoms with E-state index in [-0.39, 0.29) is 10.2 Å². The molecule has 0 aromatic heterocycles. The summed E-state index contributed by atoms with van der Waals surface area (Å²) in [4.78, 5) is 26.4. The lowest BCUT2D eigenvalue weighted by Crippen LogP contribution is -2.15. The van der Waals surface area contributed by atoms with Crippen LogP contribution in [0, 0.1) is 0 Å². The summed E-state index contributed by atoms with van der Waals surface area (Å²) in [6.45, 7) is 13.4. The zero-order valence-corrected chi connectivity index (χ0v) is 28.2. The Morgan fingerprint density at radius 1 is 0.892 bits per heavy atom. The van der Waals surface area contributed by atoms with E-state index in [1.54, 1.807) is 13.8 Å². The van der Waals surface area contributed by atoms with Crippen molar-refractivity contribution in [2.24, 2.45) is 0 Å². The van der Waals surface area contributed by atoms with Gasteiger partial charge in [0.05, 0.1) is 9.16 Å². The number of thioether (sulfide) groups is 8. The van der Waals surface area contributed by atoms with E-state index in [2.05, 4.69) is 67.9 Å². The highest BCUT2D eigenvalue weighted by atomic mass is 32.2. The van der Waals surface area contributed by atoms with Crippen molar-refractivity contribution in [3.05, 3.63) is 48.6 Å². The highest BCUT2D eigenvalue weighted by Crippen LogP contribution is 2.47. The largest absolute Gasteiger partial charge is 0.282 e. The molecule has 2 aliphatic rings. The third-order valence-electron chi connectivity index (χ3n) is 5.46. The topological polar surface area (TPSA) is 34.1 Å². The van der Waals surface area contributed by atoms with E-state index < -0.39 is 0 Å². The zero-order chi connectivity index (χ0) is 26.8. The molecule has 2 nitrogen and oxygen atoms in total. The minimum Gasteiger partial charge on any atom is -0.282 e. The van der Waals surface area contributed by atoms with Gasteiger partial charge in [0.15, 0.2) is 0 Å². The molecule has 0 radical (unpaired) electrons. The van der Waals surface area contributed by atoms with Gasteiger partial charge in [-0.25, -0.2) is 0 Å². The predicted molar refractivity (Wildman–Crippen MR) is 182 cm³/mol. The van der Waals surface area contributed by atoms with Crippen LogP contribution in [0.4, 0.5) is 0 Å². The minimum atomic E-state index is 0.126. The molecule has 0 aliphatic carbocycles. The van der Waals surface area contributed by atoms with Crippen LogP contribution in [0.25, 0.3) is 0 Å². The van der Waals surface area contributed by atoms with Crippen molar-refractivity contribution in [3.63, 3.8) is 0 Å². The highest BCUT2D eigenvalue weighted by Gasteiger charge is 2.33. The van der Waals surface area contributed by atoms with Crippen LogP contribution < -0.4 is 0 Å². The Labute approximate surface area is 257 Å². The normalized spacial score (nSPS) is 24.2. The lowest BCUT2D eigenvalue weighted by Gasteiger charge is -2.22. The van der Waals surface area contributed by atoms with Crippen LogP contribution in [0.2, 0.25) is 0 Å². The molecule has 2 heterocycles. The van der Waals surface area contributed by atoms with E-state index in [1.807, 2.05) is 47.0 Å². The van der Waals surface area contributed by atoms with E-state index in [4.69, 9.17) is 0 Å². The van der Waals surface area contributed by atoms with Crippen LogP contribution in [0.3, 0.4) is 0 Å². The molecule has 0 spiro atoms. The van der Waals surface area contributed by atoms with Gasteiger partial charge in [-0.15, -0.1) is 70.6 Å². The fourth-order valence-corrected chi connectivity index (χ4v) is 15.6. The second-order valence-electron chi connectivity index (χ2n) is 8.97. The molecule has 2 fully saturated rings. The van der Waals surface area contributed by atoms with Crippen molar-refractivity contribution in [1.82, 2.24) is 0 Å². The van der Waals surface area contributed by atoms with Crippen LogP contribution >= 0.6 is 94.1 Å². The molecule has 0 bridgehead atoms. The summed E-state index contributed by atoms with van der Waals surface area (Å²) in [5, 5.41) is 1.93. The van der Waals surface area contributed by atoms with Gasteiger partial charge in [0, 0.05) is 54.3 Å². The van der Waals surface area contributed by atoms with Gasteiger partial charge >= 0.3 is 0 Å². The Hall–Kier alpha value is 0.840. The van der Waals surface area contributed by atoms with Crippen LogP contribution in [0.1, 0.15) is 33.6 Å². The van der Waals surface area contributed by atoms with Gasteiger partial charge in [0.1, 0.15) is 0 Å². The molecule has 0 saturated carbocycles. The molecule has 1 aromatic carbocycles. The van der Waals surface area contributed by atoms with Crippen molar-refractivity contribution < 1.29 is 9.59 Å². The number of hydrogen-bond acceptors (Lipinski definition) is 10. The first-order chi connectivity index (χ1) is 17.7. The molecule has 2 aliphatic heterocycles. The maximum Gasteiger partial charge on any atom is 0.214 e. The van der Waals surface area contributed by atoms with Crippen LogP contribution in [0.15, 0.2) is 58.4 Å². The van der Waals surface area contributed by atoms with E-state index in [1.165, 1.54) is 46.2 Å². The first kappa shape index (κ1) is 32.4. The maximum absolute atomic E-state index is 11.9. The van der Waals surface area contributed by atoms with Crippen LogP contribution in [-0.2, 0) is 9.59 Å². The van der Waals surface area contributed by atoms with Gasteiger partial charge in [-0.2, -0.15) is 0 Å². The summed E-state index contributed by atoms with van der Waals surface area (Å²) in [5.41, 5.74) is 1.29. The van der Waals surface area contributed by atoms with Gasteiger partial charge in [0.25, 0.3) is 0 Å². The van der Waals surface area contributed by atoms with Crippen LogP contribution in [0.5, 0.6) is 0 Å². The molecule has 0 N–H and O–H groups in total. The Morgan fingerprint density at radius 2 is 1.46 bits per heavy atom. The lowest BCUT2D eigenvalue weighted by molar-refractivity contribution is -0.108. The SMILES string of the molecule is C=C(C)C(=O)SCC1CSC(CSc2ccc(SC(CCC)C3SCC(CSC(=O)C(=C)C)S3)cc2)S1. The Kier molecular flexibility index (Phi) is 14.8. The average Bonchev–Trinajstić information content (AvgIpc) is 3.54. The number of carbonyl (C=O) groups excluding carboxylic acids is 2. The van der Waals surface area contributed by atoms with Crippen molar-refractivity contribution in [2.45, 2.75) is 68.3 Å². The smallest absolute Gasteiger partial charge is 0.214 e. The molecule has 2 saturated heterocycles. The predicted octanol–water partition coefficient (Wildman–Crippen LogP) is 9.06. The molecule has 37 heavy (non-hydrogen) atoms. The molecular formula is C27H36O2S8. The Balaban J connectivity index is 1.41. The van der Waals surface area contributed by atoms with E-state index in [0.29, 0.717) is 36.1 Å². The van der Waals surface area contributed by atoms with Gasteiger partial charge in [-0.1, -0.05) is 50.0 Å². The Bertz CT molecular complexity index is 935. The van der Waals surface area contributed by atoms with Crippen molar-refractivity contribution in [2.75, 3.05) is 28.8 Å². The van der Waals surface area contributed by atoms with Gasteiger partial charge < -0.3 is 0 Å². The molecule has 204 valence electrons. The maximum atomic E-state index is 11.9. The van der Waals surface area contributed by atoms with Gasteiger partial charge in [-0.05, 0) is 55.7 Å². The summed E-state index contributed by atoms with van der Waals surface area (Å²) in [7, 11) is 0. The average molecular weight is 649 g/mol. The summed E-state index contributed by atoms with van der Waals surface area (Å²) in [6.07, 6.45) is 2.40. The number of rotatable bonds is 14. The fraction of sp³-hybridized carbons (Fsp3) is 0.556. The van der Waals surface area contributed by atoms with E-state index in [9.17, 15) is 9.59 Å². The molecule has 0 amide bonds. The number of hydrogen-bond donors (Lipinski definition) is 0. The monoisotopic (exact) mass is 648 g/mol. The second kappa shape index (κ2) is 16.9.